The summed E-state index contributed by atoms with van der Waals surface area (Å²) in [6.07, 6.45) is -0.751. The third kappa shape index (κ3) is 3.78. The van der Waals surface area contributed by atoms with Gasteiger partial charge in [0.05, 0.1) is 11.6 Å². The third-order valence-corrected chi connectivity index (χ3v) is 3.94. The van der Waals surface area contributed by atoms with Gasteiger partial charge in [-0.15, -0.1) is 0 Å². The molecule has 2 heterocycles. The lowest BCUT2D eigenvalue weighted by Crippen LogP contribution is -2.35. The Labute approximate surface area is 152 Å². The minimum Gasteiger partial charge on any atom is -0.450 e. The number of hydrogen-bond acceptors (Lipinski definition) is 6. The molecule has 0 atom stereocenters. The first kappa shape index (κ1) is 17.3. The Bertz CT molecular complexity index is 847. The van der Waals surface area contributed by atoms with E-state index in [0.29, 0.717) is 21.4 Å². The third-order valence-electron chi connectivity index (χ3n) is 3.39. The number of ether oxygens (including phenoxy) is 2. The van der Waals surface area contributed by atoms with Crippen molar-refractivity contribution >= 4 is 41.2 Å². The van der Waals surface area contributed by atoms with Gasteiger partial charge >= 0.3 is 12.1 Å². The quantitative estimate of drug-likeness (QED) is 0.752. The van der Waals surface area contributed by atoms with Crippen molar-refractivity contribution in [1.82, 2.24) is 4.90 Å². The molecule has 1 aromatic heterocycles. The van der Waals surface area contributed by atoms with Gasteiger partial charge in [-0.1, -0.05) is 23.2 Å². The summed E-state index contributed by atoms with van der Waals surface area (Å²) in [6, 6.07) is 7.79. The molecule has 0 bridgehead atoms. The Morgan fingerprint density at radius 3 is 2.68 bits per heavy atom. The standard InChI is InChI=1S/C16H11Cl2NO6/c17-9-1-2-10(11(18)7-9)12-3-4-13(25-12)15(21)24-8-14(20)19-5-6-23-16(19)22/h1-4,7H,5-6,8H2. The molecule has 7 nitrogen and oxygen atoms in total. The number of cyclic esters (lactones) is 1. The summed E-state index contributed by atoms with van der Waals surface area (Å²) in [6.45, 7) is -0.331. The van der Waals surface area contributed by atoms with Crippen LogP contribution >= 0.6 is 23.2 Å². The van der Waals surface area contributed by atoms with E-state index in [1.165, 1.54) is 6.07 Å². The first-order valence-corrected chi connectivity index (χ1v) is 7.91. The van der Waals surface area contributed by atoms with Gasteiger partial charge < -0.3 is 13.9 Å². The summed E-state index contributed by atoms with van der Waals surface area (Å²) in [4.78, 5) is 35.9. The van der Waals surface area contributed by atoms with Crippen LogP contribution in [0.3, 0.4) is 0 Å². The molecule has 1 saturated heterocycles. The summed E-state index contributed by atoms with van der Waals surface area (Å²) < 4.78 is 14.9. The van der Waals surface area contributed by atoms with Crippen molar-refractivity contribution in [3.63, 3.8) is 0 Å². The zero-order valence-electron chi connectivity index (χ0n) is 12.7. The largest absolute Gasteiger partial charge is 0.450 e. The summed E-state index contributed by atoms with van der Waals surface area (Å²) in [5.74, 6) is -1.25. The second-order valence-corrected chi connectivity index (χ2v) is 5.87. The van der Waals surface area contributed by atoms with Crippen molar-refractivity contribution in [1.29, 1.82) is 0 Å². The van der Waals surface area contributed by atoms with Crippen molar-refractivity contribution in [3.8, 4) is 11.3 Å². The lowest BCUT2D eigenvalue weighted by molar-refractivity contribution is -0.131. The van der Waals surface area contributed by atoms with Gasteiger partial charge in [-0.05, 0) is 30.3 Å². The van der Waals surface area contributed by atoms with Crippen LogP contribution in [0, 0.1) is 0 Å². The molecule has 25 heavy (non-hydrogen) atoms. The predicted molar refractivity (Wildman–Crippen MR) is 87.5 cm³/mol. The number of imide groups is 1. The molecule has 0 aliphatic carbocycles. The van der Waals surface area contributed by atoms with Gasteiger partial charge in [-0.2, -0.15) is 0 Å². The van der Waals surface area contributed by atoms with E-state index in [9.17, 15) is 14.4 Å². The number of halogens is 2. The molecule has 1 aromatic carbocycles. The van der Waals surface area contributed by atoms with Crippen LogP contribution in [0.4, 0.5) is 4.79 Å². The van der Waals surface area contributed by atoms with Crippen LogP contribution in [0.1, 0.15) is 10.6 Å². The average Bonchev–Trinajstić information content (AvgIpc) is 3.21. The number of benzene rings is 1. The molecule has 3 rings (SSSR count). The molecule has 1 fully saturated rings. The van der Waals surface area contributed by atoms with Crippen molar-refractivity contribution in [2.24, 2.45) is 0 Å². The highest BCUT2D eigenvalue weighted by Gasteiger charge is 2.29. The van der Waals surface area contributed by atoms with Gasteiger partial charge in [0.1, 0.15) is 12.4 Å². The molecule has 0 unspecified atom stereocenters. The van der Waals surface area contributed by atoms with Gasteiger partial charge in [0.2, 0.25) is 5.76 Å². The highest BCUT2D eigenvalue weighted by molar-refractivity contribution is 6.36. The Hall–Kier alpha value is -2.51. The van der Waals surface area contributed by atoms with Gasteiger partial charge in [-0.3, -0.25) is 4.79 Å². The number of hydrogen-bond donors (Lipinski definition) is 0. The Balaban J connectivity index is 1.64. The van der Waals surface area contributed by atoms with Crippen LogP contribution in [0.5, 0.6) is 0 Å². The van der Waals surface area contributed by atoms with Crippen LogP contribution in [0.25, 0.3) is 11.3 Å². The van der Waals surface area contributed by atoms with Gasteiger partial charge in [0.15, 0.2) is 6.61 Å². The van der Waals surface area contributed by atoms with Crippen LogP contribution < -0.4 is 0 Å². The fraction of sp³-hybridized carbons (Fsp3) is 0.188. The normalized spacial score (nSPS) is 13.7. The molecule has 9 heteroatoms. The number of rotatable bonds is 4. The lowest BCUT2D eigenvalue weighted by atomic mass is 10.2. The number of esters is 1. The number of amides is 2. The zero-order valence-corrected chi connectivity index (χ0v) is 14.2. The molecule has 0 saturated carbocycles. The molecular formula is C16H11Cl2NO6. The maximum atomic E-state index is 12.0. The zero-order chi connectivity index (χ0) is 18.0. The second-order valence-electron chi connectivity index (χ2n) is 5.02. The van der Waals surface area contributed by atoms with Gasteiger partial charge in [-0.25, -0.2) is 14.5 Å². The first-order chi connectivity index (χ1) is 12.0. The molecule has 0 N–H and O–H groups in total. The van der Waals surface area contributed by atoms with E-state index in [0.717, 1.165) is 4.90 Å². The number of carbonyl (C=O) groups excluding carboxylic acids is 3. The topological polar surface area (TPSA) is 86.0 Å². The summed E-state index contributed by atoms with van der Waals surface area (Å²) in [5, 5.41) is 0.836. The Morgan fingerprint density at radius 1 is 1.20 bits per heavy atom. The van der Waals surface area contributed by atoms with E-state index in [1.54, 1.807) is 24.3 Å². The molecular weight excluding hydrogens is 373 g/mol. The molecule has 0 spiro atoms. The number of carbonyl (C=O) groups is 3. The van der Waals surface area contributed by atoms with Crippen molar-refractivity contribution in [2.75, 3.05) is 19.8 Å². The number of furan rings is 1. The highest BCUT2D eigenvalue weighted by atomic mass is 35.5. The average molecular weight is 384 g/mol. The fourth-order valence-corrected chi connectivity index (χ4v) is 2.68. The lowest BCUT2D eigenvalue weighted by Gasteiger charge is -2.10. The van der Waals surface area contributed by atoms with Crippen LogP contribution in [0.15, 0.2) is 34.7 Å². The minimum atomic E-state index is -0.836. The first-order valence-electron chi connectivity index (χ1n) is 7.15. The Morgan fingerprint density at radius 2 is 2.00 bits per heavy atom. The maximum Gasteiger partial charge on any atom is 0.416 e. The highest BCUT2D eigenvalue weighted by Crippen LogP contribution is 2.31. The van der Waals surface area contributed by atoms with E-state index in [-0.39, 0.29) is 18.9 Å². The van der Waals surface area contributed by atoms with E-state index in [4.69, 9.17) is 32.4 Å². The van der Waals surface area contributed by atoms with Crippen LogP contribution in [-0.4, -0.2) is 42.6 Å². The van der Waals surface area contributed by atoms with Gasteiger partial charge in [0.25, 0.3) is 5.91 Å². The van der Waals surface area contributed by atoms with E-state index >= 15 is 0 Å². The molecule has 1 aliphatic heterocycles. The molecule has 130 valence electrons. The molecule has 2 amide bonds. The maximum absolute atomic E-state index is 12.0. The molecule has 1 aliphatic rings. The van der Waals surface area contributed by atoms with Crippen molar-refractivity contribution in [2.45, 2.75) is 0 Å². The van der Waals surface area contributed by atoms with Crippen LogP contribution in [0.2, 0.25) is 10.0 Å². The van der Waals surface area contributed by atoms with E-state index in [2.05, 4.69) is 4.74 Å². The fourth-order valence-electron chi connectivity index (χ4n) is 2.18. The van der Waals surface area contributed by atoms with Crippen LogP contribution in [-0.2, 0) is 14.3 Å². The minimum absolute atomic E-state index is 0.0992. The molecule has 2 aromatic rings. The van der Waals surface area contributed by atoms with E-state index in [1.807, 2.05) is 0 Å². The van der Waals surface area contributed by atoms with Gasteiger partial charge in [0, 0.05) is 10.6 Å². The predicted octanol–water partition coefficient (Wildman–Crippen LogP) is 3.39. The smallest absolute Gasteiger partial charge is 0.416 e. The Kier molecular flexibility index (Phi) is 4.96. The summed E-state index contributed by atoms with van der Waals surface area (Å²) in [5.41, 5.74) is 0.556. The van der Waals surface area contributed by atoms with Crippen molar-refractivity contribution in [3.05, 3.63) is 46.1 Å². The summed E-state index contributed by atoms with van der Waals surface area (Å²) in [7, 11) is 0. The summed E-state index contributed by atoms with van der Waals surface area (Å²) >= 11 is 11.9. The monoisotopic (exact) mass is 383 g/mol. The van der Waals surface area contributed by atoms with Crippen molar-refractivity contribution < 1.29 is 28.3 Å². The number of nitrogens with zero attached hydrogens (tertiary/aromatic N) is 1. The molecule has 0 radical (unpaired) electrons. The van der Waals surface area contributed by atoms with E-state index < -0.39 is 24.6 Å². The second kappa shape index (κ2) is 7.16. The SMILES string of the molecule is O=C(OCC(=O)N1CCOC1=O)c1ccc(-c2ccc(Cl)cc2Cl)o1.